The van der Waals surface area contributed by atoms with Gasteiger partial charge in [0.05, 0.1) is 38.6 Å². The number of carbonyl (C=O) groups is 1. The molecule has 0 aromatic carbocycles. The number of unbranched alkanes of at least 4 members (excludes halogenated alkanes) is 19. The Kier molecular flexibility index (Phi) is 34.5. The fourth-order valence-corrected chi connectivity index (χ4v) is 9.28. The number of ether oxygens (including phenoxy) is 6. The zero-order valence-electron chi connectivity index (χ0n) is 43.9. The van der Waals surface area contributed by atoms with Gasteiger partial charge in [-0.3, -0.25) is 4.79 Å². The van der Waals surface area contributed by atoms with Crippen molar-refractivity contribution in [1.82, 2.24) is 5.32 Å². The minimum atomic E-state index is -1.98. The largest absolute Gasteiger partial charge is 0.394 e. The molecule has 3 saturated heterocycles. The molecule has 12 N–H and O–H groups in total. The second kappa shape index (κ2) is 38.5. The van der Waals surface area contributed by atoms with Crippen LogP contribution in [0.3, 0.4) is 0 Å². The predicted molar refractivity (Wildman–Crippen MR) is 272 cm³/mol. The topological polar surface area (TPSA) is 307 Å². The Balaban J connectivity index is 1.54. The molecule has 0 radical (unpaired) electrons. The summed E-state index contributed by atoms with van der Waals surface area (Å²) in [6.45, 7) is 1.64. The summed E-state index contributed by atoms with van der Waals surface area (Å²) in [5.41, 5.74) is 0. The lowest BCUT2D eigenvalue weighted by molar-refractivity contribution is -0.379. The summed E-state index contributed by atoms with van der Waals surface area (Å²) < 4.78 is 34.1. The lowest BCUT2D eigenvalue weighted by Crippen LogP contribution is -2.66. The average Bonchev–Trinajstić information content (AvgIpc) is 3.39. The van der Waals surface area contributed by atoms with Crippen LogP contribution in [0.2, 0.25) is 0 Å². The Morgan fingerprint density at radius 3 is 1.37 bits per heavy atom. The Morgan fingerprint density at radius 2 is 0.877 bits per heavy atom. The molecule has 0 aliphatic carbocycles. The molecule has 0 bridgehead atoms. The van der Waals surface area contributed by atoms with Crippen LogP contribution in [0.25, 0.3) is 0 Å². The van der Waals surface area contributed by atoms with Crippen molar-refractivity contribution in [3.05, 3.63) is 36.5 Å². The molecule has 426 valence electrons. The molecule has 73 heavy (non-hydrogen) atoms. The molecular weight excluding hydrogens is 951 g/mol. The van der Waals surface area contributed by atoms with E-state index in [0.29, 0.717) is 12.8 Å². The van der Waals surface area contributed by atoms with Gasteiger partial charge < -0.3 is 89.9 Å². The van der Waals surface area contributed by atoms with Crippen molar-refractivity contribution in [3.8, 4) is 0 Å². The fraction of sp³-hybridized carbons (Fsp3) is 0.870. The summed E-state index contributed by atoms with van der Waals surface area (Å²) in [6.07, 6.45) is 11.6. The van der Waals surface area contributed by atoms with Gasteiger partial charge in [0.1, 0.15) is 73.2 Å². The van der Waals surface area contributed by atoms with E-state index >= 15 is 0 Å². The number of hydrogen-bond acceptors (Lipinski definition) is 18. The molecule has 17 atom stereocenters. The zero-order valence-corrected chi connectivity index (χ0v) is 43.9. The highest BCUT2D eigenvalue weighted by Gasteiger charge is 2.53. The summed E-state index contributed by atoms with van der Waals surface area (Å²) in [5, 5.41) is 120. The lowest BCUT2D eigenvalue weighted by Gasteiger charge is -2.48. The number of carbonyl (C=O) groups excluding carboxylic acids is 1. The summed E-state index contributed by atoms with van der Waals surface area (Å²) in [4.78, 5) is 13.2. The number of allylic oxidation sites excluding steroid dienone is 5. The molecule has 1 amide bonds. The van der Waals surface area contributed by atoms with Gasteiger partial charge in [0.15, 0.2) is 18.9 Å². The standard InChI is InChI=1S/C54H97NO18/c1-3-5-7-9-11-13-14-15-16-17-18-19-20-21-22-24-25-27-29-31-38(59)37(55-42(60)32-30-28-26-23-12-10-8-6-4-2)36-68-52-48(66)45(63)50(40(34-57)70-52)73-54-49(67)46(64)51(41(35-58)71-54)72-53-47(65)44(62)43(61)39(33-56)69-53/h18-19,22,24,29,31,37-41,43-54,56-59,61-67H,3-17,20-21,23,25-28,30,32-36H2,1-2H3,(H,55,60)/b19-18+,24-22+,31-29+. The van der Waals surface area contributed by atoms with Crippen molar-refractivity contribution in [3.63, 3.8) is 0 Å². The number of aliphatic hydroxyl groups excluding tert-OH is 11. The molecule has 3 fully saturated rings. The van der Waals surface area contributed by atoms with E-state index in [0.717, 1.165) is 44.9 Å². The van der Waals surface area contributed by atoms with Crippen LogP contribution in [0, 0.1) is 0 Å². The van der Waals surface area contributed by atoms with E-state index in [1.807, 2.05) is 6.08 Å². The molecule has 3 aliphatic heterocycles. The van der Waals surface area contributed by atoms with Crippen LogP contribution in [0.1, 0.15) is 168 Å². The van der Waals surface area contributed by atoms with Crippen LogP contribution >= 0.6 is 0 Å². The van der Waals surface area contributed by atoms with Gasteiger partial charge in [-0.25, -0.2) is 0 Å². The minimum Gasteiger partial charge on any atom is -0.394 e. The van der Waals surface area contributed by atoms with E-state index < -0.39 is 124 Å². The molecule has 3 rings (SSSR count). The third kappa shape index (κ3) is 23.7. The van der Waals surface area contributed by atoms with Crippen LogP contribution < -0.4 is 5.32 Å². The predicted octanol–water partition coefficient (Wildman–Crippen LogP) is 3.37. The summed E-state index contributed by atoms with van der Waals surface area (Å²) in [7, 11) is 0. The maximum atomic E-state index is 13.2. The van der Waals surface area contributed by atoms with Crippen LogP contribution in [0.15, 0.2) is 36.5 Å². The van der Waals surface area contributed by atoms with Gasteiger partial charge in [0.2, 0.25) is 5.91 Å². The zero-order chi connectivity index (χ0) is 53.4. The number of rotatable bonds is 39. The van der Waals surface area contributed by atoms with E-state index in [4.69, 9.17) is 28.4 Å². The molecular formula is C54H97NO18. The maximum Gasteiger partial charge on any atom is 0.220 e. The van der Waals surface area contributed by atoms with Crippen LogP contribution in [-0.2, 0) is 33.2 Å². The Hall–Kier alpha value is -1.99. The summed E-state index contributed by atoms with van der Waals surface area (Å²) >= 11 is 0. The molecule has 0 aromatic heterocycles. The lowest BCUT2D eigenvalue weighted by atomic mass is 9.96. The second-order valence-electron chi connectivity index (χ2n) is 20.0. The molecule has 19 heteroatoms. The van der Waals surface area contributed by atoms with Crippen molar-refractivity contribution in [2.45, 2.75) is 272 Å². The average molecular weight is 1050 g/mol. The van der Waals surface area contributed by atoms with Crippen LogP contribution in [-0.4, -0.2) is 193 Å². The van der Waals surface area contributed by atoms with Crippen molar-refractivity contribution in [2.75, 3.05) is 26.4 Å². The molecule has 0 aromatic rings. The third-order valence-corrected chi connectivity index (χ3v) is 13.9. The summed E-state index contributed by atoms with van der Waals surface area (Å²) in [5.74, 6) is -0.295. The maximum absolute atomic E-state index is 13.2. The van der Waals surface area contributed by atoms with Crippen molar-refractivity contribution >= 4 is 5.91 Å². The van der Waals surface area contributed by atoms with E-state index in [1.165, 1.54) is 89.9 Å². The molecule has 0 saturated carbocycles. The minimum absolute atomic E-state index is 0.233. The molecule has 0 spiro atoms. The van der Waals surface area contributed by atoms with E-state index in [2.05, 4.69) is 43.5 Å². The number of nitrogens with one attached hydrogen (secondary N) is 1. The molecule has 19 nitrogen and oxygen atoms in total. The van der Waals surface area contributed by atoms with Crippen molar-refractivity contribution in [2.24, 2.45) is 0 Å². The van der Waals surface area contributed by atoms with Gasteiger partial charge in [0, 0.05) is 6.42 Å². The normalized spacial score (nSPS) is 32.0. The van der Waals surface area contributed by atoms with Crippen molar-refractivity contribution in [1.29, 1.82) is 0 Å². The van der Waals surface area contributed by atoms with Gasteiger partial charge in [0.25, 0.3) is 0 Å². The first-order chi connectivity index (χ1) is 35.3. The quantitative estimate of drug-likeness (QED) is 0.0310. The Bertz CT molecular complexity index is 1490. The van der Waals surface area contributed by atoms with Gasteiger partial charge >= 0.3 is 0 Å². The third-order valence-electron chi connectivity index (χ3n) is 13.9. The highest BCUT2D eigenvalue weighted by Crippen LogP contribution is 2.33. The van der Waals surface area contributed by atoms with Gasteiger partial charge in [-0.1, -0.05) is 153 Å². The first-order valence-corrected chi connectivity index (χ1v) is 27.7. The van der Waals surface area contributed by atoms with Crippen LogP contribution in [0.5, 0.6) is 0 Å². The Morgan fingerprint density at radius 1 is 0.479 bits per heavy atom. The monoisotopic (exact) mass is 1050 g/mol. The second-order valence-corrected chi connectivity index (χ2v) is 20.0. The number of aliphatic hydroxyl groups is 11. The molecule has 3 aliphatic rings. The van der Waals surface area contributed by atoms with E-state index in [1.54, 1.807) is 6.08 Å². The van der Waals surface area contributed by atoms with E-state index in [9.17, 15) is 61.0 Å². The first kappa shape index (κ1) is 65.3. The van der Waals surface area contributed by atoms with Crippen LogP contribution in [0.4, 0.5) is 0 Å². The number of hydrogen-bond donors (Lipinski definition) is 12. The molecule has 17 unspecified atom stereocenters. The van der Waals surface area contributed by atoms with Gasteiger partial charge in [-0.05, 0) is 44.9 Å². The van der Waals surface area contributed by atoms with Crippen molar-refractivity contribution < 1.29 is 89.4 Å². The highest BCUT2D eigenvalue weighted by molar-refractivity contribution is 5.76. The summed E-state index contributed by atoms with van der Waals surface area (Å²) in [6, 6.07) is -0.990. The van der Waals surface area contributed by atoms with Gasteiger partial charge in [-0.15, -0.1) is 0 Å². The molecule has 3 heterocycles. The SMILES string of the molecule is CCCCCCCCCCC/C=C/CC/C=C/CC/C=C/C(O)C(COC1OC(CO)C(OC2OC(CO)C(OC3OC(CO)C(O)C(O)C3O)C(O)C2O)C(O)C1O)NC(=O)CCCCCCCCCCC. The van der Waals surface area contributed by atoms with E-state index in [-0.39, 0.29) is 18.9 Å². The number of amides is 1. The fourth-order valence-electron chi connectivity index (χ4n) is 9.28. The van der Waals surface area contributed by atoms with Gasteiger partial charge in [-0.2, -0.15) is 0 Å². The highest BCUT2D eigenvalue weighted by atomic mass is 16.8. The smallest absolute Gasteiger partial charge is 0.220 e. The first-order valence-electron chi connectivity index (χ1n) is 27.7. The Labute approximate surface area is 434 Å².